The van der Waals surface area contributed by atoms with Crippen molar-refractivity contribution in [1.29, 1.82) is 0 Å². The quantitative estimate of drug-likeness (QED) is 0.551. The lowest BCUT2D eigenvalue weighted by molar-refractivity contribution is -0.143. The maximum Gasteiger partial charge on any atom is 0.320 e. The Morgan fingerprint density at radius 2 is 2.36 bits per heavy atom. The van der Waals surface area contributed by atoms with E-state index in [2.05, 4.69) is 4.99 Å². The molecule has 0 bridgehead atoms. The molecule has 0 fully saturated rings. The van der Waals surface area contributed by atoms with E-state index in [1.165, 1.54) is 0 Å². The molecule has 0 radical (unpaired) electrons. The zero-order chi connectivity index (χ0) is 8.43. The molecule has 1 aliphatic rings. The molecule has 1 unspecified atom stereocenters. The smallest absolute Gasteiger partial charge is 0.320 e. The summed E-state index contributed by atoms with van der Waals surface area (Å²) in [6.07, 6.45) is 1.42. The summed E-state index contributed by atoms with van der Waals surface area (Å²) in [6, 6.07) is 0. The van der Waals surface area contributed by atoms with Gasteiger partial charge in [0.1, 0.15) is 5.83 Å². The van der Waals surface area contributed by atoms with E-state index in [0.29, 0.717) is 6.21 Å². The minimum absolute atomic E-state index is 0.696. The number of hydrogen-bond donors (Lipinski definition) is 1. The molecule has 0 aliphatic carbocycles. The summed E-state index contributed by atoms with van der Waals surface area (Å²) in [4.78, 5) is 23.8. The van der Waals surface area contributed by atoms with E-state index < -0.39 is 23.6 Å². The van der Waals surface area contributed by atoms with E-state index in [1.807, 2.05) is 0 Å². The molecule has 4 nitrogen and oxygen atoms in total. The Morgan fingerprint density at radius 1 is 1.73 bits per heavy atom. The zero-order valence-corrected chi connectivity index (χ0v) is 5.32. The van der Waals surface area contributed by atoms with Crippen LogP contribution in [0.2, 0.25) is 0 Å². The largest absolute Gasteiger partial charge is 0.480 e. The molecule has 11 heavy (non-hydrogen) atoms. The molecule has 58 valence electrons. The summed E-state index contributed by atoms with van der Waals surface area (Å²) in [7, 11) is 0. The third kappa shape index (κ3) is 1.49. The summed E-state index contributed by atoms with van der Waals surface area (Å²) in [5.41, 5.74) is 0. The number of nitrogens with zero attached hydrogens (tertiary/aromatic N) is 1. The Kier molecular flexibility index (Phi) is 1.80. The maximum atomic E-state index is 12.3. The Balaban J connectivity index is 2.90. The lowest BCUT2D eigenvalue weighted by Crippen LogP contribution is -2.22. The van der Waals surface area contributed by atoms with Crippen LogP contribution in [0.4, 0.5) is 4.39 Å². The van der Waals surface area contributed by atoms with Crippen LogP contribution in [0.25, 0.3) is 0 Å². The van der Waals surface area contributed by atoms with Crippen molar-refractivity contribution in [1.82, 2.24) is 0 Å². The highest BCUT2D eigenvalue weighted by molar-refractivity contribution is 6.06. The lowest BCUT2D eigenvalue weighted by Gasteiger charge is -2.04. The van der Waals surface area contributed by atoms with Crippen LogP contribution in [0.15, 0.2) is 16.9 Å². The zero-order valence-electron chi connectivity index (χ0n) is 5.32. The van der Waals surface area contributed by atoms with Crippen molar-refractivity contribution in [3.63, 3.8) is 0 Å². The van der Waals surface area contributed by atoms with Crippen molar-refractivity contribution in [3.05, 3.63) is 11.9 Å². The third-order valence-electron chi connectivity index (χ3n) is 1.17. The molecular formula is C6H4FNO3. The van der Waals surface area contributed by atoms with Gasteiger partial charge in [-0.1, -0.05) is 0 Å². The predicted molar refractivity (Wildman–Crippen MR) is 33.8 cm³/mol. The summed E-state index contributed by atoms with van der Waals surface area (Å²) < 4.78 is 12.3. The Morgan fingerprint density at radius 3 is 2.82 bits per heavy atom. The van der Waals surface area contributed by atoms with Gasteiger partial charge in [0.15, 0.2) is 5.92 Å². The van der Waals surface area contributed by atoms with Crippen LogP contribution in [0, 0.1) is 5.92 Å². The number of carboxylic acid groups (broad SMARTS) is 1. The number of carbonyl (C=O) groups is 2. The molecule has 1 amide bonds. The first-order valence-corrected chi connectivity index (χ1v) is 2.79. The lowest BCUT2D eigenvalue weighted by atomic mass is 10.1. The number of amides is 1. The molecule has 0 saturated carbocycles. The monoisotopic (exact) mass is 157 g/mol. The van der Waals surface area contributed by atoms with Gasteiger partial charge in [0, 0.05) is 0 Å². The average molecular weight is 157 g/mol. The van der Waals surface area contributed by atoms with E-state index in [1.54, 1.807) is 0 Å². The fourth-order valence-electron chi connectivity index (χ4n) is 0.656. The highest BCUT2D eigenvalue weighted by atomic mass is 19.1. The number of halogens is 1. The van der Waals surface area contributed by atoms with Crippen molar-refractivity contribution in [2.75, 3.05) is 0 Å². The first-order chi connectivity index (χ1) is 5.11. The first kappa shape index (κ1) is 7.59. The van der Waals surface area contributed by atoms with E-state index in [4.69, 9.17) is 5.11 Å². The highest BCUT2D eigenvalue weighted by Crippen LogP contribution is 2.11. The fraction of sp³-hybridized carbons (Fsp3) is 0.167. The Bertz CT molecular complexity index is 269. The van der Waals surface area contributed by atoms with E-state index >= 15 is 0 Å². The molecule has 0 spiro atoms. The number of rotatable bonds is 1. The summed E-state index contributed by atoms with van der Waals surface area (Å²) in [5, 5.41) is 8.32. The van der Waals surface area contributed by atoms with Crippen molar-refractivity contribution in [2.45, 2.75) is 0 Å². The number of aliphatic imine (C=N–C) groups is 1. The van der Waals surface area contributed by atoms with Crippen molar-refractivity contribution in [3.8, 4) is 0 Å². The number of hydrogen-bond acceptors (Lipinski definition) is 2. The van der Waals surface area contributed by atoms with Crippen LogP contribution >= 0.6 is 0 Å². The van der Waals surface area contributed by atoms with Crippen LogP contribution < -0.4 is 0 Å². The minimum atomic E-state index is -1.46. The number of dihydropyridines is 1. The number of allylic oxidation sites excluding steroid dienone is 1. The molecule has 1 rings (SSSR count). The number of carboxylic acids is 1. The van der Waals surface area contributed by atoms with Gasteiger partial charge >= 0.3 is 5.97 Å². The van der Waals surface area contributed by atoms with E-state index in [9.17, 15) is 14.0 Å². The molecule has 1 heterocycles. The van der Waals surface area contributed by atoms with Gasteiger partial charge in [0.2, 0.25) is 0 Å². The summed E-state index contributed by atoms with van der Waals surface area (Å²) in [5.74, 6) is -4.49. The third-order valence-corrected chi connectivity index (χ3v) is 1.17. The van der Waals surface area contributed by atoms with Gasteiger partial charge in [0.05, 0.1) is 6.21 Å². The summed E-state index contributed by atoms with van der Waals surface area (Å²) >= 11 is 0. The molecule has 0 aromatic carbocycles. The van der Waals surface area contributed by atoms with Gasteiger partial charge < -0.3 is 5.11 Å². The Labute approximate surface area is 61.0 Å². The standard InChI is InChI=1S/C6H4FNO3/c7-3-1-4(6(10)11)5(9)8-2-3/h1-2,4H,(H,10,11). The van der Waals surface area contributed by atoms with Gasteiger partial charge in [-0.2, -0.15) is 0 Å². The van der Waals surface area contributed by atoms with Gasteiger partial charge in [0.25, 0.3) is 5.91 Å². The minimum Gasteiger partial charge on any atom is -0.480 e. The van der Waals surface area contributed by atoms with Crippen molar-refractivity contribution in [2.24, 2.45) is 10.9 Å². The molecule has 1 N–H and O–H groups in total. The topological polar surface area (TPSA) is 66.7 Å². The van der Waals surface area contributed by atoms with E-state index in [-0.39, 0.29) is 0 Å². The van der Waals surface area contributed by atoms with Crippen LogP contribution in [-0.2, 0) is 9.59 Å². The molecular weight excluding hydrogens is 153 g/mol. The van der Waals surface area contributed by atoms with Crippen LogP contribution in [0.1, 0.15) is 0 Å². The fourth-order valence-corrected chi connectivity index (χ4v) is 0.656. The molecule has 0 aromatic rings. The Hall–Kier alpha value is -1.52. The SMILES string of the molecule is O=C(O)C1C=C(F)C=NC1=O. The van der Waals surface area contributed by atoms with Crippen LogP contribution in [0.5, 0.6) is 0 Å². The second-order valence-corrected chi connectivity index (χ2v) is 1.96. The van der Waals surface area contributed by atoms with Gasteiger partial charge in [-0.3, -0.25) is 9.59 Å². The average Bonchev–Trinajstić information content (AvgIpc) is 1.94. The highest BCUT2D eigenvalue weighted by Gasteiger charge is 2.26. The van der Waals surface area contributed by atoms with Crippen LogP contribution in [-0.4, -0.2) is 23.2 Å². The number of carbonyl (C=O) groups excluding carboxylic acids is 1. The van der Waals surface area contributed by atoms with Gasteiger partial charge in [-0.05, 0) is 6.08 Å². The number of aliphatic carboxylic acids is 1. The van der Waals surface area contributed by atoms with Crippen molar-refractivity contribution < 1.29 is 19.1 Å². The molecule has 0 aromatic heterocycles. The predicted octanol–water partition coefficient (Wildman–Crippen LogP) is 0.152. The normalized spacial score (nSPS) is 23.2. The maximum absolute atomic E-state index is 12.3. The molecule has 1 aliphatic heterocycles. The first-order valence-electron chi connectivity index (χ1n) is 2.79. The molecule has 1 atom stereocenters. The van der Waals surface area contributed by atoms with E-state index in [0.717, 1.165) is 6.08 Å². The van der Waals surface area contributed by atoms with Crippen LogP contribution in [0.3, 0.4) is 0 Å². The van der Waals surface area contributed by atoms with Crippen molar-refractivity contribution >= 4 is 18.1 Å². The second-order valence-electron chi connectivity index (χ2n) is 1.96. The molecule has 5 heteroatoms. The van der Waals surface area contributed by atoms with Gasteiger partial charge in [-0.15, -0.1) is 0 Å². The summed E-state index contributed by atoms with van der Waals surface area (Å²) in [6.45, 7) is 0. The second kappa shape index (κ2) is 2.61. The van der Waals surface area contributed by atoms with Gasteiger partial charge in [-0.25, -0.2) is 9.38 Å². The molecule has 0 saturated heterocycles.